The lowest BCUT2D eigenvalue weighted by Gasteiger charge is -2.40. The lowest BCUT2D eigenvalue weighted by Crippen LogP contribution is -2.51. The van der Waals surface area contributed by atoms with Crippen LogP contribution in [0.1, 0.15) is 54.6 Å². The van der Waals surface area contributed by atoms with Gasteiger partial charge < -0.3 is 19.8 Å². The average molecular weight is 523 g/mol. The fourth-order valence-electron chi connectivity index (χ4n) is 5.18. The first-order valence-electron chi connectivity index (χ1n) is 12.6. The van der Waals surface area contributed by atoms with Crippen LogP contribution in [-0.4, -0.2) is 45.8 Å². The van der Waals surface area contributed by atoms with E-state index in [9.17, 15) is 10.2 Å². The summed E-state index contributed by atoms with van der Waals surface area (Å²) in [4.78, 5) is 6.63. The number of benzene rings is 2. The summed E-state index contributed by atoms with van der Waals surface area (Å²) in [7, 11) is 0. The van der Waals surface area contributed by atoms with Gasteiger partial charge in [0.2, 0.25) is 0 Å². The molecule has 5 rings (SSSR count). The number of hydrogen-bond donors (Lipinski definition) is 2. The molecule has 2 N–H and O–H groups in total. The van der Waals surface area contributed by atoms with Crippen LogP contribution in [0, 0.1) is 0 Å². The molecule has 2 aliphatic heterocycles. The molecule has 5 nitrogen and oxygen atoms in total. The number of ether oxygens (including phenoxy) is 1. The Labute approximate surface area is 222 Å². The average Bonchev–Trinajstić information content (AvgIpc) is 3.03. The van der Waals surface area contributed by atoms with Gasteiger partial charge >= 0.3 is 0 Å². The zero-order valence-electron chi connectivity index (χ0n) is 21.1. The van der Waals surface area contributed by atoms with Gasteiger partial charge in [0.1, 0.15) is 18.5 Å². The number of pyridine rings is 1. The van der Waals surface area contributed by atoms with Crippen LogP contribution in [0.2, 0.25) is 5.02 Å². The van der Waals surface area contributed by atoms with Gasteiger partial charge in [-0.3, -0.25) is 4.98 Å². The number of β-amino-alcohol motifs (C(OH)–C–C–N with tert-alkyl or cyclic N) is 1. The number of aromatic nitrogens is 1. The molecular weight excluding hydrogens is 491 g/mol. The van der Waals surface area contributed by atoms with Crippen molar-refractivity contribution in [3.8, 4) is 5.75 Å². The van der Waals surface area contributed by atoms with E-state index in [4.69, 9.17) is 16.3 Å². The first-order chi connectivity index (χ1) is 17.6. The van der Waals surface area contributed by atoms with E-state index in [0.717, 1.165) is 33.7 Å². The molecule has 0 radical (unpaired) electrons. The highest BCUT2D eigenvalue weighted by Gasteiger charge is 2.44. The Bertz CT molecular complexity index is 1300. The van der Waals surface area contributed by atoms with E-state index in [1.165, 1.54) is 0 Å². The lowest BCUT2D eigenvalue weighted by atomic mass is 9.84. The highest BCUT2D eigenvalue weighted by atomic mass is 35.5. The minimum absolute atomic E-state index is 0.213. The molecule has 7 heteroatoms. The molecule has 0 spiro atoms. The Balaban J connectivity index is 1.37. The number of alkyl halides is 1. The highest BCUT2D eigenvalue weighted by molar-refractivity contribution is 6.30. The van der Waals surface area contributed by atoms with Gasteiger partial charge in [-0.2, -0.15) is 0 Å². The van der Waals surface area contributed by atoms with Crippen LogP contribution in [0.3, 0.4) is 0 Å². The predicted molar refractivity (Wildman–Crippen MR) is 143 cm³/mol. The van der Waals surface area contributed by atoms with E-state index in [2.05, 4.69) is 16.0 Å². The molecule has 0 bridgehead atoms. The second kappa shape index (κ2) is 10.2. The van der Waals surface area contributed by atoms with Gasteiger partial charge in [0.05, 0.1) is 11.3 Å². The molecule has 1 fully saturated rings. The molecule has 0 aliphatic carbocycles. The molecule has 2 aliphatic rings. The van der Waals surface area contributed by atoms with Crippen molar-refractivity contribution in [3.63, 3.8) is 0 Å². The van der Waals surface area contributed by atoms with Crippen molar-refractivity contribution in [3.05, 3.63) is 99.8 Å². The number of nitrogens with zero attached hydrogens (tertiary/aromatic N) is 2. The summed E-state index contributed by atoms with van der Waals surface area (Å²) in [5.74, 6) is 0.746. The van der Waals surface area contributed by atoms with Crippen molar-refractivity contribution in [1.82, 2.24) is 9.88 Å². The maximum atomic E-state index is 15.8. The Morgan fingerprint density at radius 1 is 1.19 bits per heavy atom. The number of aliphatic hydroxyl groups excluding tert-OH is 1. The number of hydrogen-bond acceptors (Lipinski definition) is 5. The first kappa shape index (κ1) is 25.9. The van der Waals surface area contributed by atoms with Crippen LogP contribution < -0.4 is 4.74 Å². The third-order valence-corrected chi connectivity index (χ3v) is 7.64. The predicted octanol–water partition coefficient (Wildman–Crippen LogP) is 5.61. The van der Waals surface area contributed by atoms with Crippen molar-refractivity contribution >= 4 is 17.2 Å². The molecular formula is C30H32ClFN2O3. The largest absolute Gasteiger partial charge is 0.487 e. The van der Waals surface area contributed by atoms with Crippen molar-refractivity contribution in [2.75, 3.05) is 19.6 Å². The molecule has 194 valence electrons. The molecule has 0 amide bonds. The van der Waals surface area contributed by atoms with Crippen LogP contribution >= 0.6 is 11.6 Å². The third kappa shape index (κ3) is 5.30. The molecule has 2 atom stereocenters. The molecule has 3 aromatic rings. The van der Waals surface area contributed by atoms with Crippen LogP contribution in [0.4, 0.5) is 4.39 Å². The summed E-state index contributed by atoms with van der Waals surface area (Å²) < 4.78 is 21.8. The highest BCUT2D eigenvalue weighted by Crippen LogP contribution is 2.40. The van der Waals surface area contributed by atoms with Crippen LogP contribution in [-0.2, 0) is 17.9 Å². The van der Waals surface area contributed by atoms with Gasteiger partial charge in [-0.15, -0.1) is 0 Å². The Hall–Kier alpha value is -2.77. The monoisotopic (exact) mass is 522 g/mol. The van der Waals surface area contributed by atoms with Crippen molar-refractivity contribution < 1.29 is 19.3 Å². The Kier molecular flexibility index (Phi) is 7.12. The van der Waals surface area contributed by atoms with E-state index >= 15 is 4.39 Å². The molecule has 2 unspecified atom stereocenters. The minimum atomic E-state index is -1.78. The summed E-state index contributed by atoms with van der Waals surface area (Å²) in [5, 5.41) is 21.9. The molecule has 1 saturated heterocycles. The summed E-state index contributed by atoms with van der Waals surface area (Å²) in [6.07, 6.45) is 3.71. The maximum Gasteiger partial charge on any atom is 0.164 e. The second-order valence-corrected chi connectivity index (χ2v) is 10.8. The summed E-state index contributed by atoms with van der Waals surface area (Å²) in [5.41, 5.74) is 2.26. The van der Waals surface area contributed by atoms with Crippen molar-refractivity contribution in [1.29, 1.82) is 0 Å². The fourth-order valence-corrected chi connectivity index (χ4v) is 5.31. The molecule has 3 heterocycles. The zero-order valence-corrected chi connectivity index (χ0v) is 21.9. The van der Waals surface area contributed by atoms with E-state index in [-0.39, 0.29) is 13.0 Å². The standard InChI is InChI=1S/C30H32ClFN2O3/c1-29(2,36)21-9-12-27-25(17-21)23(24-5-3-14-33-26(24)19-37-27)6-4-15-34-16-13-30(32,28(35)18-34)20-7-10-22(31)11-8-20/h3,5-12,14,17,28,35-36H,4,13,15-16,18-19H2,1-2H3. The van der Waals surface area contributed by atoms with Gasteiger partial charge in [0.15, 0.2) is 5.67 Å². The third-order valence-electron chi connectivity index (χ3n) is 7.39. The lowest BCUT2D eigenvalue weighted by molar-refractivity contribution is -0.0711. The van der Waals surface area contributed by atoms with Crippen LogP contribution in [0.5, 0.6) is 5.75 Å². The normalized spacial score (nSPS) is 23.2. The number of rotatable bonds is 5. The van der Waals surface area contributed by atoms with Crippen LogP contribution in [0.25, 0.3) is 5.57 Å². The molecule has 0 saturated carbocycles. The number of aliphatic hydroxyl groups is 2. The van der Waals surface area contributed by atoms with E-state index in [0.29, 0.717) is 36.7 Å². The minimum Gasteiger partial charge on any atom is -0.487 e. The quantitative estimate of drug-likeness (QED) is 0.456. The Morgan fingerprint density at radius 2 is 1.97 bits per heavy atom. The van der Waals surface area contributed by atoms with Crippen molar-refractivity contribution in [2.45, 2.75) is 50.7 Å². The SMILES string of the molecule is CC(C)(O)c1ccc2c(c1)C(=CCCN1CCC(F)(c3ccc(Cl)cc3)C(O)C1)c1cccnc1CO2. The molecule has 37 heavy (non-hydrogen) atoms. The fraction of sp³-hybridized carbons (Fsp3) is 0.367. The number of fused-ring (bicyclic) bond motifs is 2. The van der Waals surface area contributed by atoms with E-state index < -0.39 is 17.4 Å². The van der Waals surface area contributed by atoms with Gasteiger partial charge in [0.25, 0.3) is 0 Å². The first-order valence-corrected chi connectivity index (χ1v) is 13.0. The summed E-state index contributed by atoms with van der Waals surface area (Å²) in [6, 6.07) is 16.4. The summed E-state index contributed by atoms with van der Waals surface area (Å²) >= 11 is 5.96. The number of likely N-dealkylation sites (tertiary alicyclic amines) is 1. The number of halogens is 2. The maximum absolute atomic E-state index is 15.8. The summed E-state index contributed by atoms with van der Waals surface area (Å²) in [6.45, 7) is 5.37. The van der Waals surface area contributed by atoms with E-state index in [1.807, 2.05) is 30.3 Å². The topological polar surface area (TPSA) is 65.8 Å². The van der Waals surface area contributed by atoms with E-state index in [1.54, 1.807) is 44.3 Å². The van der Waals surface area contributed by atoms with Crippen LogP contribution in [0.15, 0.2) is 66.9 Å². The van der Waals surface area contributed by atoms with Gasteiger partial charge in [-0.05, 0) is 67.3 Å². The second-order valence-electron chi connectivity index (χ2n) is 10.4. The Morgan fingerprint density at radius 3 is 2.70 bits per heavy atom. The van der Waals surface area contributed by atoms with Gasteiger partial charge in [0, 0.05) is 48.4 Å². The molecule has 2 aromatic carbocycles. The van der Waals surface area contributed by atoms with Gasteiger partial charge in [-0.1, -0.05) is 41.9 Å². The van der Waals surface area contributed by atoms with Crippen molar-refractivity contribution in [2.24, 2.45) is 0 Å². The smallest absolute Gasteiger partial charge is 0.164 e. The number of piperidine rings is 1. The zero-order chi connectivity index (χ0) is 26.2. The molecule has 1 aromatic heterocycles. The van der Waals surface area contributed by atoms with Gasteiger partial charge in [-0.25, -0.2) is 4.39 Å².